The molecule has 0 saturated carbocycles. The van der Waals surface area contributed by atoms with E-state index in [0.717, 1.165) is 16.9 Å². The van der Waals surface area contributed by atoms with Crippen LogP contribution >= 0.6 is 11.6 Å². The van der Waals surface area contributed by atoms with Crippen LogP contribution in [0.4, 0.5) is 0 Å². The Morgan fingerprint density at radius 1 is 1.11 bits per heavy atom. The van der Waals surface area contributed by atoms with Gasteiger partial charge in [0.2, 0.25) is 0 Å². The predicted molar refractivity (Wildman–Crippen MR) is 76.6 cm³/mol. The van der Waals surface area contributed by atoms with E-state index in [1.807, 2.05) is 55.5 Å². The molecular weight excluding hydrogens is 260 g/mol. The number of aromatic nitrogens is 2. The van der Waals surface area contributed by atoms with Crippen molar-refractivity contribution in [2.75, 3.05) is 0 Å². The van der Waals surface area contributed by atoms with Crippen LogP contribution in [0.2, 0.25) is 5.02 Å². The summed E-state index contributed by atoms with van der Waals surface area (Å²) in [4.78, 5) is 7.77. The summed E-state index contributed by atoms with van der Waals surface area (Å²) < 4.78 is 5.84. The zero-order chi connectivity index (χ0) is 13.2. The first-order valence-corrected chi connectivity index (χ1v) is 6.47. The van der Waals surface area contributed by atoms with Crippen LogP contribution in [-0.4, -0.2) is 9.97 Å². The van der Waals surface area contributed by atoms with Crippen LogP contribution in [0.3, 0.4) is 0 Å². The van der Waals surface area contributed by atoms with E-state index in [2.05, 4.69) is 9.97 Å². The number of rotatable bonds is 3. The Morgan fingerprint density at radius 3 is 2.63 bits per heavy atom. The summed E-state index contributed by atoms with van der Waals surface area (Å²) in [6.07, 6.45) is -0.188. The van der Waals surface area contributed by atoms with Crippen molar-refractivity contribution in [1.82, 2.24) is 9.97 Å². The van der Waals surface area contributed by atoms with Gasteiger partial charge in [0.05, 0.1) is 16.1 Å². The van der Waals surface area contributed by atoms with Gasteiger partial charge in [0.1, 0.15) is 11.6 Å². The van der Waals surface area contributed by atoms with E-state index >= 15 is 0 Å². The largest absolute Gasteiger partial charge is 0.481 e. The van der Waals surface area contributed by atoms with Crippen LogP contribution in [0.1, 0.15) is 18.9 Å². The molecule has 0 radical (unpaired) electrons. The number of halogens is 1. The zero-order valence-electron chi connectivity index (χ0n) is 10.4. The molecule has 1 N–H and O–H groups in total. The average Bonchev–Trinajstić information content (AvgIpc) is 2.85. The highest BCUT2D eigenvalue weighted by molar-refractivity contribution is 6.32. The van der Waals surface area contributed by atoms with Crippen LogP contribution in [0.25, 0.3) is 11.0 Å². The van der Waals surface area contributed by atoms with E-state index in [1.54, 1.807) is 0 Å². The number of nitrogens with zero attached hydrogens (tertiary/aromatic N) is 1. The second-order valence-electron chi connectivity index (χ2n) is 4.33. The monoisotopic (exact) mass is 272 g/mol. The summed E-state index contributed by atoms with van der Waals surface area (Å²) in [5.74, 6) is 1.46. The summed E-state index contributed by atoms with van der Waals surface area (Å²) in [5, 5.41) is 0.602. The third-order valence-electron chi connectivity index (χ3n) is 2.93. The molecule has 4 heteroatoms. The number of para-hydroxylation sites is 3. The van der Waals surface area contributed by atoms with Crippen LogP contribution in [0, 0.1) is 0 Å². The molecule has 1 aromatic heterocycles. The quantitative estimate of drug-likeness (QED) is 0.769. The number of ether oxygens (including phenoxy) is 1. The smallest absolute Gasteiger partial charge is 0.153 e. The number of H-pyrrole nitrogens is 1. The fourth-order valence-corrected chi connectivity index (χ4v) is 2.13. The van der Waals surface area contributed by atoms with E-state index in [-0.39, 0.29) is 6.10 Å². The van der Waals surface area contributed by atoms with Gasteiger partial charge in [-0.05, 0) is 31.2 Å². The Balaban J connectivity index is 1.87. The molecule has 0 aliphatic carbocycles. The maximum absolute atomic E-state index is 6.08. The van der Waals surface area contributed by atoms with Crippen molar-refractivity contribution in [2.24, 2.45) is 0 Å². The van der Waals surface area contributed by atoms with Crippen LogP contribution in [-0.2, 0) is 0 Å². The van der Waals surface area contributed by atoms with Crippen molar-refractivity contribution in [1.29, 1.82) is 0 Å². The Hall–Kier alpha value is -2.00. The highest BCUT2D eigenvalue weighted by Crippen LogP contribution is 2.28. The van der Waals surface area contributed by atoms with E-state index in [9.17, 15) is 0 Å². The molecular formula is C15H13ClN2O. The molecule has 0 aliphatic heterocycles. The molecule has 0 bridgehead atoms. The predicted octanol–water partition coefficient (Wildman–Crippen LogP) is 4.36. The Labute approximate surface area is 116 Å². The lowest BCUT2D eigenvalue weighted by Gasteiger charge is -2.13. The highest BCUT2D eigenvalue weighted by Gasteiger charge is 2.13. The lowest BCUT2D eigenvalue weighted by Crippen LogP contribution is -2.05. The van der Waals surface area contributed by atoms with Gasteiger partial charge in [0.15, 0.2) is 6.10 Å². The van der Waals surface area contributed by atoms with Gasteiger partial charge in [-0.1, -0.05) is 35.9 Å². The maximum atomic E-state index is 6.08. The van der Waals surface area contributed by atoms with Crippen molar-refractivity contribution in [3.63, 3.8) is 0 Å². The molecule has 0 fully saturated rings. The van der Waals surface area contributed by atoms with E-state index in [1.165, 1.54) is 0 Å². The summed E-state index contributed by atoms with van der Waals surface area (Å²) in [6, 6.07) is 15.3. The lowest BCUT2D eigenvalue weighted by molar-refractivity contribution is 0.218. The number of hydrogen-bond acceptors (Lipinski definition) is 2. The summed E-state index contributed by atoms with van der Waals surface area (Å²) >= 11 is 6.08. The molecule has 2 aromatic carbocycles. The lowest BCUT2D eigenvalue weighted by atomic mass is 10.3. The third-order valence-corrected chi connectivity index (χ3v) is 3.25. The molecule has 3 aromatic rings. The van der Waals surface area contributed by atoms with Gasteiger partial charge < -0.3 is 9.72 Å². The molecule has 0 aliphatic rings. The Morgan fingerprint density at radius 2 is 1.84 bits per heavy atom. The highest BCUT2D eigenvalue weighted by atomic mass is 35.5. The number of nitrogens with one attached hydrogen (secondary N) is 1. The molecule has 1 heterocycles. The Bertz CT molecular complexity index is 675. The number of benzene rings is 2. The molecule has 0 unspecified atom stereocenters. The minimum absolute atomic E-state index is 0.188. The van der Waals surface area contributed by atoms with Crippen molar-refractivity contribution in [2.45, 2.75) is 13.0 Å². The molecule has 0 saturated heterocycles. The van der Waals surface area contributed by atoms with E-state index < -0.39 is 0 Å². The van der Waals surface area contributed by atoms with Gasteiger partial charge in [-0.25, -0.2) is 4.98 Å². The fourth-order valence-electron chi connectivity index (χ4n) is 1.95. The fraction of sp³-hybridized carbons (Fsp3) is 0.133. The van der Waals surface area contributed by atoms with Crippen molar-refractivity contribution >= 4 is 22.6 Å². The summed E-state index contributed by atoms with van der Waals surface area (Å²) in [5.41, 5.74) is 1.94. The average molecular weight is 273 g/mol. The van der Waals surface area contributed by atoms with E-state index in [4.69, 9.17) is 16.3 Å². The number of imidazole rings is 1. The molecule has 0 amide bonds. The number of fused-ring (bicyclic) bond motifs is 1. The summed E-state index contributed by atoms with van der Waals surface area (Å²) in [6.45, 7) is 1.95. The normalized spacial score (nSPS) is 12.5. The molecule has 96 valence electrons. The second-order valence-corrected chi connectivity index (χ2v) is 4.74. The van der Waals surface area contributed by atoms with Crippen LogP contribution in [0.5, 0.6) is 5.75 Å². The molecule has 19 heavy (non-hydrogen) atoms. The van der Waals surface area contributed by atoms with Crippen LogP contribution in [0.15, 0.2) is 48.5 Å². The number of hydrogen-bond donors (Lipinski definition) is 1. The van der Waals surface area contributed by atoms with Gasteiger partial charge in [-0.3, -0.25) is 0 Å². The molecule has 3 nitrogen and oxygen atoms in total. The number of aromatic amines is 1. The standard InChI is InChI=1S/C15H13ClN2O/c1-10(19-14-9-5-2-6-11(14)16)15-17-12-7-3-4-8-13(12)18-15/h2-10H,1H3,(H,17,18)/t10-/m0/s1. The van der Waals surface area contributed by atoms with Crippen molar-refractivity contribution < 1.29 is 4.74 Å². The molecule has 3 rings (SSSR count). The SMILES string of the molecule is C[C@H](Oc1ccccc1Cl)c1nc2ccccc2[nH]1. The molecule has 0 spiro atoms. The minimum Gasteiger partial charge on any atom is -0.481 e. The second kappa shape index (κ2) is 4.94. The van der Waals surface area contributed by atoms with Crippen molar-refractivity contribution in [3.8, 4) is 5.75 Å². The maximum Gasteiger partial charge on any atom is 0.153 e. The Kier molecular flexibility index (Phi) is 3.13. The molecule has 1 atom stereocenters. The van der Waals surface area contributed by atoms with E-state index in [0.29, 0.717) is 10.8 Å². The first-order chi connectivity index (χ1) is 9.24. The first kappa shape index (κ1) is 12.1. The topological polar surface area (TPSA) is 37.9 Å². The minimum atomic E-state index is -0.188. The zero-order valence-corrected chi connectivity index (χ0v) is 11.2. The summed E-state index contributed by atoms with van der Waals surface area (Å²) in [7, 11) is 0. The van der Waals surface area contributed by atoms with Crippen LogP contribution < -0.4 is 4.74 Å². The van der Waals surface area contributed by atoms with Gasteiger partial charge in [-0.2, -0.15) is 0 Å². The van der Waals surface area contributed by atoms with Gasteiger partial charge in [-0.15, -0.1) is 0 Å². The van der Waals surface area contributed by atoms with Crippen molar-refractivity contribution in [3.05, 3.63) is 59.4 Å². The van der Waals surface area contributed by atoms with Gasteiger partial charge in [0.25, 0.3) is 0 Å². The first-order valence-electron chi connectivity index (χ1n) is 6.10. The third kappa shape index (κ3) is 2.42. The van der Waals surface area contributed by atoms with Gasteiger partial charge in [0, 0.05) is 0 Å². The van der Waals surface area contributed by atoms with Gasteiger partial charge >= 0.3 is 0 Å².